The Morgan fingerprint density at radius 3 is 2.83 bits per heavy atom. The van der Waals surface area contributed by atoms with Crippen LogP contribution in [-0.4, -0.2) is 7.05 Å². The van der Waals surface area contributed by atoms with Crippen LogP contribution in [0.4, 0.5) is 5.69 Å². The molecule has 1 aromatic heterocycles. The topological polar surface area (TPSA) is 12.0 Å². The molecule has 0 saturated heterocycles. The highest BCUT2D eigenvalue weighted by Gasteiger charge is 1.97. The average molecular weight is 177 g/mol. The van der Waals surface area contributed by atoms with E-state index in [0.717, 1.165) is 0 Å². The first-order valence-corrected chi connectivity index (χ1v) is 4.79. The fourth-order valence-corrected chi connectivity index (χ4v) is 2.24. The lowest BCUT2D eigenvalue weighted by molar-refractivity contribution is 1.54. The summed E-state index contributed by atoms with van der Waals surface area (Å²) in [5.41, 5.74) is 1.18. The molecule has 0 fully saturated rings. The summed E-state index contributed by atoms with van der Waals surface area (Å²) in [7, 11) is 1.94. The zero-order valence-electron chi connectivity index (χ0n) is 7.22. The lowest BCUT2D eigenvalue weighted by Crippen LogP contribution is -1.85. The zero-order chi connectivity index (χ0) is 8.55. The van der Waals surface area contributed by atoms with Gasteiger partial charge in [-0.25, -0.2) is 0 Å². The van der Waals surface area contributed by atoms with Crippen molar-refractivity contribution in [2.45, 2.75) is 6.92 Å². The van der Waals surface area contributed by atoms with Crippen LogP contribution in [0.2, 0.25) is 0 Å². The quantitative estimate of drug-likeness (QED) is 0.705. The van der Waals surface area contributed by atoms with Crippen LogP contribution in [0.25, 0.3) is 10.1 Å². The van der Waals surface area contributed by atoms with Crippen molar-refractivity contribution in [2.75, 3.05) is 12.4 Å². The molecular weight excluding hydrogens is 166 g/mol. The van der Waals surface area contributed by atoms with Crippen molar-refractivity contribution in [3.63, 3.8) is 0 Å². The Kier molecular flexibility index (Phi) is 1.77. The molecule has 1 heterocycles. The van der Waals surface area contributed by atoms with Crippen LogP contribution in [0.5, 0.6) is 0 Å². The lowest BCUT2D eigenvalue weighted by atomic mass is 10.2. The van der Waals surface area contributed by atoms with Crippen LogP contribution in [0.3, 0.4) is 0 Å². The molecule has 0 unspecified atom stereocenters. The van der Waals surface area contributed by atoms with Crippen molar-refractivity contribution in [3.05, 3.63) is 29.1 Å². The van der Waals surface area contributed by atoms with Gasteiger partial charge in [-0.2, -0.15) is 0 Å². The fourth-order valence-electron chi connectivity index (χ4n) is 1.33. The molecule has 0 aliphatic carbocycles. The number of anilines is 1. The largest absolute Gasteiger partial charge is 0.388 e. The smallest absolute Gasteiger partial charge is 0.0347 e. The summed E-state index contributed by atoms with van der Waals surface area (Å²) < 4.78 is 1.37. The molecule has 0 radical (unpaired) electrons. The molecule has 2 heteroatoms. The zero-order valence-corrected chi connectivity index (χ0v) is 8.03. The van der Waals surface area contributed by atoms with E-state index in [0.29, 0.717) is 0 Å². The molecular formula is C10H11NS. The molecule has 62 valence electrons. The van der Waals surface area contributed by atoms with Gasteiger partial charge in [0.25, 0.3) is 0 Å². The molecule has 1 aromatic carbocycles. The highest BCUT2D eigenvalue weighted by atomic mass is 32.1. The first-order valence-electron chi connectivity index (χ1n) is 3.97. The fraction of sp³-hybridized carbons (Fsp3) is 0.200. The summed E-state index contributed by atoms with van der Waals surface area (Å²) >= 11 is 1.84. The average Bonchev–Trinajstić information content (AvgIpc) is 2.43. The highest BCUT2D eigenvalue weighted by molar-refractivity contribution is 7.19. The number of benzene rings is 1. The summed E-state index contributed by atoms with van der Waals surface area (Å²) in [5, 5.41) is 4.47. The first-order chi connectivity index (χ1) is 5.79. The van der Waals surface area contributed by atoms with E-state index in [1.165, 1.54) is 20.7 Å². The first kappa shape index (κ1) is 7.62. The van der Waals surface area contributed by atoms with Gasteiger partial charge >= 0.3 is 0 Å². The van der Waals surface area contributed by atoms with Crippen LogP contribution in [-0.2, 0) is 0 Å². The number of hydrogen-bond donors (Lipinski definition) is 1. The van der Waals surface area contributed by atoms with Crippen molar-refractivity contribution >= 4 is 27.1 Å². The van der Waals surface area contributed by atoms with E-state index in [-0.39, 0.29) is 0 Å². The van der Waals surface area contributed by atoms with Crippen LogP contribution in [0.1, 0.15) is 4.88 Å². The van der Waals surface area contributed by atoms with Crippen molar-refractivity contribution in [3.8, 4) is 0 Å². The molecule has 2 aromatic rings. The van der Waals surface area contributed by atoms with Gasteiger partial charge in [0.2, 0.25) is 0 Å². The Morgan fingerprint density at radius 1 is 1.25 bits per heavy atom. The number of rotatable bonds is 1. The Bertz CT molecular complexity index is 403. The molecule has 0 saturated carbocycles. The van der Waals surface area contributed by atoms with E-state index in [9.17, 15) is 0 Å². The monoisotopic (exact) mass is 177 g/mol. The van der Waals surface area contributed by atoms with Gasteiger partial charge in [-0.3, -0.25) is 0 Å². The molecule has 0 aliphatic heterocycles. The van der Waals surface area contributed by atoms with Crippen molar-refractivity contribution in [2.24, 2.45) is 0 Å². The highest BCUT2D eigenvalue weighted by Crippen LogP contribution is 2.27. The summed E-state index contributed by atoms with van der Waals surface area (Å²) in [6, 6.07) is 8.68. The second-order valence-electron chi connectivity index (χ2n) is 2.86. The number of hydrogen-bond acceptors (Lipinski definition) is 2. The van der Waals surface area contributed by atoms with Crippen LogP contribution >= 0.6 is 11.3 Å². The van der Waals surface area contributed by atoms with Crippen molar-refractivity contribution < 1.29 is 0 Å². The second-order valence-corrected chi connectivity index (χ2v) is 4.15. The third kappa shape index (κ3) is 1.18. The maximum atomic E-state index is 3.13. The maximum Gasteiger partial charge on any atom is 0.0347 e. The normalized spacial score (nSPS) is 10.5. The van der Waals surface area contributed by atoms with Gasteiger partial charge in [0.1, 0.15) is 0 Å². The predicted octanol–water partition coefficient (Wildman–Crippen LogP) is 3.25. The minimum absolute atomic E-state index is 1.18. The van der Waals surface area contributed by atoms with Crippen LogP contribution in [0.15, 0.2) is 24.3 Å². The van der Waals surface area contributed by atoms with E-state index < -0.39 is 0 Å². The molecule has 0 spiro atoms. The second kappa shape index (κ2) is 2.79. The molecule has 2 rings (SSSR count). The van der Waals surface area contributed by atoms with Crippen LogP contribution in [0, 0.1) is 6.92 Å². The minimum atomic E-state index is 1.18. The molecule has 1 N–H and O–H groups in total. The number of aryl methyl sites for hydroxylation is 1. The molecule has 0 aliphatic rings. The Hall–Kier alpha value is -1.02. The number of nitrogens with one attached hydrogen (secondary N) is 1. The molecule has 1 nitrogen and oxygen atoms in total. The van der Waals surface area contributed by atoms with Gasteiger partial charge in [0, 0.05) is 22.3 Å². The summed E-state index contributed by atoms with van der Waals surface area (Å²) in [6.45, 7) is 2.14. The Morgan fingerprint density at radius 2 is 2.08 bits per heavy atom. The van der Waals surface area contributed by atoms with Gasteiger partial charge in [-0.15, -0.1) is 11.3 Å². The van der Waals surface area contributed by atoms with E-state index in [1.54, 1.807) is 0 Å². The standard InChI is InChI=1S/C10H11NS/c1-7-5-8-6-9(11-2)3-4-10(8)12-7/h3-6,11H,1-2H3. The third-order valence-corrected chi connectivity index (χ3v) is 2.96. The minimum Gasteiger partial charge on any atom is -0.388 e. The summed E-state index contributed by atoms with van der Waals surface area (Å²) in [4.78, 5) is 1.37. The molecule has 0 amide bonds. The summed E-state index contributed by atoms with van der Waals surface area (Å²) in [5.74, 6) is 0. The molecule has 12 heavy (non-hydrogen) atoms. The molecule has 0 atom stereocenters. The maximum absolute atomic E-state index is 3.13. The number of fused-ring (bicyclic) bond motifs is 1. The van der Waals surface area contributed by atoms with E-state index in [4.69, 9.17) is 0 Å². The van der Waals surface area contributed by atoms with Gasteiger partial charge in [0.05, 0.1) is 0 Å². The van der Waals surface area contributed by atoms with Crippen molar-refractivity contribution in [1.82, 2.24) is 0 Å². The predicted molar refractivity (Wildman–Crippen MR) is 56.1 cm³/mol. The third-order valence-electron chi connectivity index (χ3n) is 1.93. The van der Waals surface area contributed by atoms with Gasteiger partial charge < -0.3 is 5.32 Å². The van der Waals surface area contributed by atoms with E-state index in [1.807, 2.05) is 18.4 Å². The van der Waals surface area contributed by atoms with Gasteiger partial charge in [-0.05, 0) is 36.6 Å². The SMILES string of the molecule is CNc1ccc2sc(C)cc2c1. The van der Waals surface area contributed by atoms with E-state index in [2.05, 4.69) is 36.5 Å². The van der Waals surface area contributed by atoms with Crippen molar-refractivity contribution in [1.29, 1.82) is 0 Å². The van der Waals surface area contributed by atoms with Gasteiger partial charge in [-0.1, -0.05) is 0 Å². The lowest BCUT2D eigenvalue weighted by Gasteiger charge is -1.97. The van der Waals surface area contributed by atoms with Crippen LogP contribution < -0.4 is 5.32 Å². The Labute approximate surface area is 76.0 Å². The van der Waals surface area contributed by atoms with Gasteiger partial charge in [0.15, 0.2) is 0 Å². The Balaban J connectivity index is 2.66. The van der Waals surface area contributed by atoms with E-state index >= 15 is 0 Å². The molecule has 0 bridgehead atoms. The summed E-state index contributed by atoms with van der Waals surface area (Å²) in [6.07, 6.45) is 0. The number of thiophene rings is 1.